The lowest BCUT2D eigenvalue weighted by molar-refractivity contribution is -0.164. The van der Waals surface area contributed by atoms with Crippen molar-refractivity contribution in [3.8, 4) is 0 Å². The van der Waals surface area contributed by atoms with E-state index in [-0.39, 0.29) is 12.8 Å². The van der Waals surface area contributed by atoms with Crippen LogP contribution >= 0.6 is 0 Å². The van der Waals surface area contributed by atoms with Crippen LogP contribution in [0.1, 0.15) is 33.6 Å². The van der Waals surface area contributed by atoms with Crippen LogP contribution in [-0.2, 0) is 19.1 Å². The predicted octanol–water partition coefficient (Wildman–Crippen LogP) is -1.22. The maximum atomic E-state index is 11.7. The maximum absolute atomic E-state index is 11.7. The molecule has 1 atom stereocenters. The van der Waals surface area contributed by atoms with E-state index in [0.717, 1.165) is 0 Å². The van der Waals surface area contributed by atoms with Crippen molar-refractivity contribution < 1.29 is 19.1 Å². The fourth-order valence-corrected chi connectivity index (χ4v) is 1.02. The van der Waals surface area contributed by atoms with E-state index in [1.807, 2.05) is 0 Å². The number of nitrogens with two attached hydrogens (primary N) is 3. The first-order valence-electron chi connectivity index (χ1n) is 5.09. The molecule has 17 heavy (non-hydrogen) atoms. The lowest BCUT2D eigenvalue weighted by atomic mass is 9.93. The Morgan fingerprint density at radius 1 is 1.12 bits per heavy atom. The van der Waals surface area contributed by atoms with Gasteiger partial charge in [-0.1, -0.05) is 0 Å². The van der Waals surface area contributed by atoms with Gasteiger partial charge >= 0.3 is 5.97 Å². The number of carbonyl (C=O) groups excluding carboxylic acids is 3. The monoisotopic (exact) mass is 245 g/mol. The summed E-state index contributed by atoms with van der Waals surface area (Å²) in [5.74, 6) is -2.68. The number of rotatable bonds is 5. The maximum Gasteiger partial charge on any atom is 0.336 e. The van der Waals surface area contributed by atoms with Crippen LogP contribution < -0.4 is 17.2 Å². The first kappa shape index (κ1) is 15.4. The second kappa shape index (κ2) is 5.13. The minimum absolute atomic E-state index is 0.224. The summed E-state index contributed by atoms with van der Waals surface area (Å²) in [7, 11) is 0. The van der Waals surface area contributed by atoms with Crippen molar-refractivity contribution in [2.45, 2.75) is 44.8 Å². The van der Waals surface area contributed by atoms with Crippen molar-refractivity contribution in [3.05, 3.63) is 0 Å². The van der Waals surface area contributed by atoms with Gasteiger partial charge in [-0.2, -0.15) is 0 Å². The van der Waals surface area contributed by atoms with E-state index in [9.17, 15) is 14.4 Å². The molecular weight excluding hydrogens is 226 g/mol. The van der Waals surface area contributed by atoms with Crippen LogP contribution in [0.15, 0.2) is 0 Å². The molecule has 0 aliphatic carbocycles. The van der Waals surface area contributed by atoms with Crippen molar-refractivity contribution in [2.75, 3.05) is 0 Å². The predicted molar refractivity (Wildman–Crippen MR) is 60.4 cm³/mol. The molecule has 0 radical (unpaired) electrons. The Kier molecular flexibility index (Phi) is 4.64. The van der Waals surface area contributed by atoms with Crippen LogP contribution in [0.3, 0.4) is 0 Å². The highest BCUT2D eigenvalue weighted by atomic mass is 16.6. The average Bonchev–Trinajstić information content (AvgIpc) is 2.10. The number of primary amides is 2. The van der Waals surface area contributed by atoms with E-state index in [1.165, 1.54) is 0 Å². The molecule has 7 heteroatoms. The van der Waals surface area contributed by atoms with Crippen molar-refractivity contribution in [2.24, 2.45) is 17.2 Å². The smallest absolute Gasteiger partial charge is 0.336 e. The third kappa shape index (κ3) is 4.81. The number of hydrogen-bond acceptors (Lipinski definition) is 5. The second-order valence-corrected chi connectivity index (χ2v) is 4.80. The largest absolute Gasteiger partial charge is 0.458 e. The molecule has 0 fully saturated rings. The SMILES string of the molecule is CC(C)(C)OC(=O)C(N)(CCC(N)=O)C(N)=O. The zero-order valence-electron chi connectivity index (χ0n) is 10.3. The molecule has 98 valence electrons. The Labute approximate surface area is 99.6 Å². The number of ether oxygens (including phenoxy) is 1. The molecule has 0 rings (SSSR count). The van der Waals surface area contributed by atoms with Crippen LogP contribution in [0.5, 0.6) is 0 Å². The highest BCUT2D eigenvalue weighted by molar-refractivity contribution is 6.06. The van der Waals surface area contributed by atoms with Gasteiger partial charge in [0.15, 0.2) is 5.54 Å². The molecule has 7 nitrogen and oxygen atoms in total. The molecule has 2 amide bonds. The van der Waals surface area contributed by atoms with Gasteiger partial charge in [-0.05, 0) is 27.2 Å². The van der Waals surface area contributed by atoms with Gasteiger partial charge in [0, 0.05) is 6.42 Å². The summed E-state index contributed by atoms with van der Waals surface area (Å²) in [5, 5.41) is 0. The summed E-state index contributed by atoms with van der Waals surface area (Å²) in [6.07, 6.45) is -0.495. The Morgan fingerprint density at radius 3 is 1.88 bits per heavy atom. The molecule has 0 bridgehead atoms. The number of amides is 2. The van der Waals surface area contributed by atoms with Gasteiger partial charge in [0.05, 0.1) is 0 Å². The second-order valence-electron chi connectivity index (χ2n) is 4.80. The lowest BCUT2D eigenvalue weighted by Gasteiger charge is -2.28. The number of esters is 1. The average molecular weight is 245 g/mol. The molecular formula is C10H19N3O4. The lowest BCUT2D eigenvalue weighted by Crippen LogP contribution is -2.60. The van der Waals surface area contributed by atoms with Gasteiger partial charge in [0.1, 0.15) is 5.60 Å². The van der Waals surface area contributed by atoms with Crippen LogP contribution in [0.4, 0.5) is 0 Å². The van der Waals surface area contributed by atoms with Gasteiger partial charge < -0.3 is 21.9 Å². The molecule has 0 heterocycles. The van der Waals surface area contributed by atoms with Gasteiger partial charge in [-0.3, -0.25) is 9.59 Å². The Bertz CT molecular complexity index is 335. The van der Waals surface area contributed by atoms with Gasteiger partial charge in [0.25, 0.3) is 0 Å². The van der Waals surface area contributed by atoms with Crippen LogP contribution in [0.2, 0.25) is 0 Å². The Balaban J connectivity index is 4.88. The van der Waals surface area contributed by atoms with E-state index in [0.29, 0.717) is 0 Å². The van der Waals surface area contributed by atoms with Crippen LogP contribution in [0, 0.1) is 0 Å². The summed E-state index contributed by atoms with van der Waals surface area (Å²) >= 11 is 0. The van der Waals surface area contributed by atoms with Gasteiger partial charge in [-0.15, -0.1) is 0 Å². The molecule has 0 aromatic heterocycles. The highest BCUT2D eigenvalue weighted by Gasteiger charge is 2.43. The summed E-state index contributed by atoms with van der Waals surface area (Å²) in [5.41, 5.74) is 12.7. The van der Waals surface area contributed by atoms with Crippen molar-refractivity contribution >= 4 is 17.8 Å². The third-order valence-corrected chi connectivity index (χ3v) is 1.97. The molecule has 6 N–H and O–H groups in total. The zero-order valence-corrected chi connectivity index (χ0v) is 10.3. The van der Waals surface area contributed by atoms with Crippen LogP contribution in [-0.4, -0.2) is 28.9 Å². The van der Waals surface area contributed by atoms with Gasteiger partial charge in [0.2, 0.25) is 11.8 Å². The molecule has 0 aliphatic heterocycles. The summed E-state index contributed by atoms with van der Waals surface area (Å²) in [6.45, 7) is 4.88. The van der Waals surface area contributed by atoms with Crippen molar-refractivity contribution in [1.82, 2.24) is 0 Å². The molecule has 1 unspecified atom stereocenters. The van der Waals surface area contributed by atoms with Crippen molar-refractivity contribution in [1.29, 1.82) is 0 Å². The summed E-state index contributed by atoms with van der Waals surface area (Å²) in [6, 6.07) is 0. The van der Waals surface area contributed by atoms with Crippen molar-refractivity contribution in [3.63, 3.8) is 0 Å². The first-order valence-corrected chi connectivity index (χ1v) is 5.09. The normalized spacial score (nSPS) is 14.8. The summed E-state index contributed by atoms with van der Waals surface area (Å²) in [4.78, 5) is 33.6. The zero-order chi connectivity index (χ0) is 13.9. The van der Waals surface area contributed by atoms with E-state index < -0.39 is 28.9 Å². The molecule has 0 aliphatic rings. The Hall–Kier alpha value is -1.63. The van der Waals surface area contributed by atoms with Gasteiger partial charge in [-0.25, -0.2) is 4.79 Å². The Morgan fingerprint density at radius 2 is 1.59 bits per heavy atom. The van der Waals surface area contributed by atoms with E-state index in [2.05, 4.69) is 0 Å². The number of hydrogen-bond donors (Lipinski definition) is 3. The fraction of sp³-hybridized carbons (Fsp3) is 0.700. The highest BCUT2D eigenvalue weighted by Crippen LogP contribution is 2.17. The minimum Gasteiger partial charge on any atom is -0.458 e. The fourth-order valence-electron chi connectivity index (χ4n) is 1.02. The summed E-state index contributed by atoms with van der Waals surface area (Å²) < 4.78 is 4.98. The molecule has 0 aromatic rings. The standard InChI is InChI=1S/C10H19N3O4/c1-9(2,3)17-8(16)10(13,7(12)15)5-4-6(11)14/h4-5,13H2,1-3H3,(H2,11,14)(H2,12,15). The molecule has 0 saturated carbocycles. The van der Waals surface area contributed by atoms with E-state index in [4.69, 9.17) is 21.9 Å². The molecule has 0 saturated heterocycles. The molecule has 0 aromatic carbocycles. The topological polar surface area (TPSA) is 138 Å². The number of carbonyl (C=O) groups is 3. The van der Waals surface area contributed by atoms with E-state index >= 15 is 0 Å². The molecule has 0 spiro atoms. The van der Waals surface area contributed by atoms with Crippen LogP contribution in [0.25, 0.3) is 0 Å². The van der Waals surface area contributed by atoms with E-state index in [1.54, 1.807) is 20.8 Å². The minimum atomic E-state index is -2.03. The first-order chi connectivity index (χ1) is 7.49. The third-order valence-electron chi connectivity index (χ3n) is 1.97. The quantitative estimate of drug-likeness (QED) is 0.411.